The standard InChI is InChI=1S/C33H37F3N2O5/c1-5-6-27(21-7-9-23(10-8-21)30(41)37-20-19-28(39)40)29(22-11-17-26(18-12-22)43-33(34,35)36)31(42)38-25-15-13-24(14-16-25)32(2,3)4/h7-18,27,29H,5-6,19-20H2,1-4H3,(H,37,41)(H,38,42)(H,39,40). The number of aliphatic carboxylic acids is 1. The van der Waals surface area contributed by atoms with Gasteiger partial charge in [0.05, 0.1) is 12.3 Å². The molecule has 0 radical (unpaired) electrons. The van der Waals surface area contributed by atoms with Gasteiger partial charge in [-0.15, -0.1) is 13.2 Å². The van der Waals surface area contributed by atoms with Gasteiger partial charge in [0.1, 0.15) is 5.75 Å². The quantitative estimate of drug-likeness (QED) is 0.202. The van der Waals surface area contributed by atoms with Gasteiger partial charge in [-0.2, -0.15) is 0 Å². The number of benzene rings is 3. The summed E-state index contributed by atoms with van der Waals surface area (Å²) in [5.74, 6) is -3.33. The van der Waals surface area contributed by atoms with E-state index in [2.05, 4.69) is 36.1 Å². The monoisotopic (exact) mass is 598 g/mol. The van der Waals surface area contributed by atoms with Crippen molar-refractivity contribution < 1.29 is 37.4 Å². The van der Waals surface area contributed by atoms with Crippen LogP contribution < -0.4 is 15.4 Å². The van der Waals surface area contributed by atoms with Gasteiger partial charge < -0.3 is 20.5 Å². The van der Waals surface area contributed by atoms with Crippen LogP contribution in [0.3, 0.4) is 0 Å². The number of halogens is 3. The van der Waals surface area contributed by atoms with Crippen molar-refractivity contribution in [1.29, 1.82) is 0 Å². The number of ether oxygens (including phenoxy) is 1. The number of rotatable bonds is 12. The Hall–Kier alpha value is -4.34. The lowest BCUT2D eigenvalue weighted by molar-refractivity contribution is -0.274. The molecule has 0 saturated heterocycles. The summed E-state index contributed by atoms with van der Waals surface area (Å²) in [7, 11) is 0. The van der Waals surface area contributed by atoms with Gasteiger partial charge in [-0.25, -0.2) is 0 Å². The first-order valence-electron chi connectivity index (χ1n) is 14.0. The Labute approximate surface area is 249 Å². The molecule has 3 aromatic carbocycles. The van der Waals surface area contributed by atoms with Crippen LogP contribution in [0.1, 0.15) is 85.8 Å². The van der Waals surface area contributed by atoms with Gasteiger partial charge in [0.15, 0.2) is 0 Å². The Balaban J connectivity index is 1.95. The van der Waals surface area contributed by atoms with Crippen LogP contribution in [0.15, 0.2) is 72.8 Å². The molecule has 10 heteroatoms. The Morgan fingerprint density at radius 3 is 1.95 bits per heavy atom. The van der Waals surface area contributed by atoms with Crippen molar-refractivity contribution in [3.63, 3.8) is 0 Å². The molecule has 3 rings (SSSR count). The van der Waals surface area contributed by atoms with Crippen molar-refractivity contribution >= 4 is 23.5 Å². The van der Waals surface area contributed by atoms with Crippen molar-refractivity contribution in [2.45, 2.75) is 70.6 Å². The van der Waals surface area contributed by atoms with Crippen LogP contribution in [-0.2, 0) is 15.0 Å². The molecule has 3 N–H and O–H groups in total. The number of carbonyl (C=O) groups excluding carboxylic acids is 2. The van der Waals surface area contributed by atoms with Crippen molar-refractivity contribution in [1.82, 2.24) is 5.32 Å². The van der Waals surface area contributed by atoms with Crippen LogP contribution in [-0.4, -0.2) is 35.8 Å². The number of carbonyl (C=O) groups is 3. The topological polar surface area (TPSA) is 105 Å². The first-order chi connectivity index (χ1) is 20.2. The van der Waals surface area contributed by atoms with E-state index >= 15 is 0 Å². The number of carboxylic acid groups (broad SMARTS) is 1. The Morgan fingerprint density at radius 1 is 0.860 bits per heavy atom. The summed E-state index contributed by atoms with van der Waals surface area (Å²) in [6.07, 6.45) is -3.76. The third kappa shape index (κ3) is 9.87. The highest BCUT2D eigenvalue weighted by Gasteiger charge is 2.33. The molecule has 0 aromatic heterocycles. The highest BCUT2D eigenvalue weighted by atomic mass is 19.4. The zero-order chi connectivity index (χ0) is 31.8. The molecule has 2 amide bonds. The van der Waals surface area contributed by atoms with E-state index in [0.717, 1.165) is 11.1 Å². The minimum absolute atomic E-state index is 0.0125. The van der Waals surface area contributed by atoms with E-state index in [9.17, 15) is 27.6 Å². The number of nitrogens with one attached hydrogen (secondary N) is 2. The molecule has 0 aliphatic rings. The average Bonchev–Trinajstić information content (AvgIpc) is 2.92. The van der Waals surface area contributed by atoms with Crippen LogP contribution >= 0.6 is 0 Å². The van der Waals surface area contributed by atoms with Gasteiger partial charge in [0.2, 0.25) is 5.91 Å². The smallest absolute Gasteiger partial charge is 0.481 e. The zero-order valence-electron chi connectivity index (χ0n) is 24.6. The second kappa shape index (κ2) is 14.2. The van der Waals surface area contributed by atoms with Crippen LogP contribution in [0.4, 0.5) is 18.9 Å². The maximum Gasteiger partial charge on any atom is 0.573 e. The minimum Gasteiger partial charge on any atom is -0.481 e. The van der Waals surface area contributed by atoms with Crippen LogP contribution in [0, 0.1) is 0 Å². The highest BCUT2D eigenvalue weighted by Crippen LogP contribution is 2.39. The van der Waals surface area contributed by atoms with Gasteiger partial charge in [0, 0.05) is 17.8 Å². The zero-order valence-corrected chi connectivity index (χ0v) is 24.6. The SMILES string of the molecule is CCCC(c1ccc(C(=O)NCCC(=O)O)cc1)C(C(=O)Nc1ccc(C(C)(C)C)cc1)c1ccc(OC(F)(F)F)cc1. The number of amides is 2. The summed E-state index contributed by atoms with van der Waals surface area (Å²) >= 11 is 0. The van der Waals surface area contributed by atoms with E-state index in [-0.39, 0.29) is 30.2 Å². The number of alkyl halides is 3. The Bertz CT molecular complexity index is 1380. The molecule has 7 nitrogen and oxygen atoms in total. The number of hydrogen-bond donors (Lipinski definition) is 3. The Kier molecular flexibility index (Phi) is 11.0. The van der Waals surface area contributed by atoms with E-state index in [1.165, 1.54) is 24.3 Å². The number of carboxylic acids is 1. The summed E-state index contributed by atoms with van der Waals surface area (Å²) in [6.45, 7) is 8.22. The summed E-state index contributed by atoms with van der Waals surface area (Å²) in [6, 6.07) is 19.5. The molecular weight excluding hydrogens is 561 g/mol. The molecule has 3 aromatic rings. The summed E-state index contributed by atoms with van der Waals surface area (Å²) in [5.41, 5.74) is 3.21. The lowest BCUT2D eigenvalue weighted by Crippen LogP contribution is -2.27. The molecule has 0 saturated carbocycles. The highest BCUT2D eigenvalue weighted by molar-refractivity contribution is 5.97. The molecule has 0 fully saturated rings. The second-order valence-electron chi connectivity index (χ2n) is 11.3. The lowest BCUT2D eigenvalue weighted by Gasteiger charge is -2.28. The molecule has 230 valence electrons. The molecule has 2 atom stereocenters. The molecule has 0 aliphatic carbocycles. The van der Waals surface area contributed by atoms with Gasteiger partial charge >= 0.3 is 12.3 Å². The van der Waals surface area contributed by atoms with Gasteiger partial charge in [-0.3, -0.25) is 14.4 Å². The molecule has 0 bridgehead atoms. The molecule has 0 aliphatic heterocycles. The predicted octanol–water partition coefficient (Wildman–Crippen LogP) is 7.39. The third-order valence-corrected chi connectivity index (χ3v) is 7.00. The number of hydrogen-bond acceptors (Lipinski definition) is 4. The third-order valence-electron chi connectivity index (χ3n) is 7.00. The fraction of sp³-hybridized carbons (Fsp3) is 0.364. The molecule has 2 unspecified atom stereocenters. The van der Waals surface area contributed by atoms with Crippen LogP contribution in [0.2, 0.25) is 0 Å². The number of anilines is 1. The van der Waals surface area contributed by atoms with Crippen molar-refractivity contribution in [2.75, 3.05) is 11.9 Å². The van der Waals surface area contributed by atoms with Gasteiger partial charge in [0.25, 0.3) is 5.91 Å². The molecule has 0 spiro atoms. The van der Waals surface area contributed by atoms with E-state index < -0.39 is 29.9 Å². The van der Waals surface area contributed by atoms with Crippen LogP contribution in [0.25, 0.3) is 0 Å². The normalized spacial score (nSPS) is 13.1. The molecule has 43 heavy (non-hydrogen) atoms. The Morgan fingerprint density at radius 2 is 1.44 bits per heavy atom. The van der Waals surface area contributed by atoms with E-state index in [0.29, 0.717) is 29.7 Å². The predicted molar refractivity (Wildman–Crippen MR) is 158 cm³/mol. The fourth-order valence-electron chi connectivity index (χ4n) is 4.82. The van der Waals surface area contributed by atoms with Gasteiger partial charge in [-0.05, 0) is 70.8 Å². The largest absolute Gasteiger partial charge is 0.573 e. The summed E-state index contributed by atoms with van der Waals surface area (Å²) in [5, 5.41) is 14.3. The summed E-state index contributed by atoms with van der Waals surface area (Å²) in [4.78, 5) is 37.1. The first-order valence-corrected chi connectivity index (χ1v) is 14.0. The van der Waals surface area contributed by atoms with E-state index in [4.69, 9.17) is 5.11 Å². The summed E-state index contributed by atoms with van der Waals surface area (Å²) < 4.78 is 42.4. The van der Waals surface area contributed by atoms with E-state index in [1.807, 2.05) is 31.2 Å². The van der Waals surface area contributed by atoms with Gasteiger partial charge in [-0.1, -0.05) is 70.5 Å². The lowest BCUT2D eigenvalue weighted by atomic mass is 9.78. The van der Waals surface area contributed by atoms with Crippen LogP contribution in [0.5, 0.6) is 5.75 Å². The molecular formula is C33H37F3N2O5. The second-order valence-corrected chi connectivity index (χ2v) is 11.3. The van der Waals surface area contributed by atoms with Crippen molar-refractivity contribution in [3.05, 3.63) is 95.1 Å². The van der Waals surface area contributed by atoms with E-state index in [1.54, 1.807) is 24.3 Å². The van der Waals surface area contributed by atoms with Crippen molar-refractivity contribution in [2.24, 2.45) is 0 Å². The molecule has 0 heterocycles. The fourth-order valence-corrected chi connectivity index (χ4v) is 4.82. The first kappa shape index (κ1) is 33.2. The minimum atomic E-state index is -4.84. The maximum atomic E-state index is 13.9. The average molecular weight is 599 g/mol. The van der Waals surface area contributed by atoms with Crippen molar-refractivity contribution in [3.8, 4) is 5.75 Å². The maximum absolute atomic E-state index is 13.9.